The highest BCUT2D eigenvalue weighted by atomic mass is 79.9. The first-order valence-electron chi connectivity index (χ1n) is 15.2. The lowest BCUT2D eigenvalue weighted by atomic mass is 9.81. The first kappa shape index (κ1) is 31.5. The molecule has 0 saturated heterocycles. The number of rotatable bonds is 9. The molecule has 0 bridgehead atoms. The van der Waals surface area contributed by atoms with Crippen LogP contribution in [-0.2, 0) is 10.8 Å². The van der Waals surface area contributed by atoms with E-state index in [-0.39, 0.29) is 10.8 Å². The number of nitrogens with one attached hydrogen (secondary N) is 1. The molecule has 0 radical (unpaired) electrons. The van der Waals surface area contributed by atoms with Crippen molar-refractivity contribution in [3.63, 3.8) is 0 Å². The Bertz CT molecular complexity index is 1580. The second kappa shape index (κ2) is 13.4. The van der Waals surface area contributed by atoms with Crippen LogP contribution in [0.25, 0.3) is 0 Å². The summed E-state index contributed by atoms with van der Waals surface area (Å²) < 4.78 is 2.30. The van der Waals surface area contributed by atoms with Gasteiger partial charge in [-0.1, -0.05) is 94.3 Å². The van der Waals surface area contributed by atoms with Crippen LogP contribution >= 0.6 is 31.9 Å². The quantitative estimate of drug-likeness (QED) is 0.202. The monoisotopic (exact) mass is 701 g/mol. The summed E-state index contributed by atoms with van der Waals surface area (Å²) >= 11 is 7.04. The Morgan fingerprint density at radius 2 is 1.65 bits per heavy atom. The van der Waals surface area contributed by atoms with Gasteiger partial charge in [0.05, 0.1) is 5.41 Å². The number of benzene rings is 2. The highest BCUT2D eigenvalue weighted by molar-refractivity contribution is 9.11. The van der Waals surface area contributed by atoms with Crippen molar-refractivity contribution >= 4 is 48.9 Å². The maximum absolute atomic E-state index is 5.90. The number of allylic oxidation sites excluding steroid dienone is 7. The van der Waals surface area contributed by atoms with Crippen molar-refractivity contribution < 1.29 is 4.58 Å². The molecular weight excluding hydrogens is 660 g/mol. The van der Waals surface area contributed by atoms with Crippen LogP contribution in [0.2, 0.25) is 0 Å². The standard InChI is InChI=1S/C37H42Br2N4/c1-36(2)29-13-5-7-15-31(29)42(25-21-38)33(36)19-17-27-11-9-12-28(35(27)41-24-10-23-40)18-20-34-37(3,4)30-14-6-8-16-32(30)43(34)26-22-39/h5-8,13-22,25-26H,9-12,23-24,40H2,1-4H3/p+1/b25-21+,26-22+,27-17+,33-19+. The highest BCUT2D eigenvalue weighted by Crippen LogP contribution is 2.48. The van der Waals surface area contributed by atoms with E-state index in [0.717, 1.165) is 32.2 Å². The Morgan fingerprint density at radius 3 is 2.40 bits per heavy atom. The molecule has 224 valence electrons. The van der Waals surface area contributed by atoms with Crippen molar-refractivity contribution in [3.05, 3.63) is 129 Å². The summed E-state index contributed by atoms with van der Waals surface area (Å²) in [5, 5.41) is 3.79. The zero-order valence-electron chi connectivity index (χ0n) is 25.7. The Balaban J connectivity index is 1.57. The Labute approximate surface area is 274 Å². The molecule has 0 amide bonds. The van der Waals surface area contributed by atoms with E-state index in [1.54, 1.807) is 0 Å². The van der Waals surface area contributed by atoms with Gasteiger partial charge >= 0.3 is 0 Å². The third-order valence-corrected chi connectivity index (χ3v) is 9.46. The van der Waals surface area contributed by atoms with Crippen molar-refractivity contribution in [2.45, 2.75) is 64.2 Å². The fraction of sp³-hybridized carbons (Fsp3) is 0.324. The number of halogens is 2. The fourth-order valence-corrected chi connectivity index (χ4v) is 7.21. The van der Waals surface area contributed by atoms with Crippen molar-refractivity contribution in [2.75, 3.05) is 18.0 Å². The number of nitrogens with two attached hydrogens (primary N) is 1. The SMILES string of the molecule is CC1(C)C(/C=C/C2=C(NCCCN)C(=C/C=C3/N(/C=C/Br)c4ccccc4C3(C)C)/CCC2)=[N+](/C=C/Br)c2ccccc21. The summed E-state index contributed by atoms with van der Waals surface area (Å²) in [6, 6.07) is 17.4. The molecule has 2 aliphatic heterocycles. The fourth-order valence-electron chi connectivity index (χ4n) is 6.73. The van der Waals surface area contributed by atoms with Crippen molar-refractivity contribution in [2.24, 2.45) is 5.73 Å². The van der Waals surface area contributed by atoms with Gasteiger partial charge in [0.1, 0.15) is 0 Å². The van der Waals surface area contributed by atoms with Crippen LogP contribution in [-0.4, -0.2) is 23.4 Å². The van der Waals surface area contributed by atoms with Gasteiger partial charge < -0.3 is 16.0 Å². The summed E-state index contributed by atoms with van der Waals surface area (Å²) in [7, 11) is 0. The number of nitrogens with zero attached hydrogens (tertiary/aromatic N) is 2. The molecule has 3 N–H and O–H groups in total. The molecule has 2 aromatic carbocycles. The molecule has 3 aliphatic rings. The molecule has 0 spiro atoms. The smallest absolute Gasteiger partial charge is 0.215 e. The summed E-state index contributed by atoms with van der Waals surface area (Å²) in [6.45, 7) is 10.8. The van der Waals surface area contributed by atoms with E-state index >= 15 is 0 Å². The number of hydrogen-bond donors (Lipinski definition) is 2. The summed E-state index contributed by atoms with van der Waals surface area (Å²) in [5.41, 5.74) is 17.3. The van der Waals surface area contributed by atoms with Crippen molar-refractivity contribution in [3.8, 4) is 0 Å². The Kier molecular flexibility index (Phi) is 9.79. The predicted molar refractivity (Wildman–Crippen MR) is 190 cm³/mol. The molecule has 1 aliphatic carbocycles. The third-order valence-electron chi connectivity index (χ3n) is 8.99. The predicted octanol–water partition coefficient (Wildman–Crippen LogP) is 9.34. The second-order valence-corrected chi connectivity index (χ2v) is 13.4. The maximum Gasteiger partial charge on any atom is 0.215 e. The second-order valence-electron chi connectivity index (χ2n) is 12.4. The van der Waals surface area contributed by atoms with Crippen LogP contribution < -0.4 is 16.0 Å². The van der Waals surface area contributed by atoms with Crippen LogP contribution in [0, 0.1) is 0 Å². The van der Waals surface area contributed by atoms with Gasteiger partial charge in [-0.2, -0.15) is 4.58 Å². The maximum atomic E-state index is 5.90. The molecule has 6 heteroatoms. The minimum absolute atomic E-state index is 0.111. The summed E-state index contributed by atoms with van der Waals surface area (Å²) in [5.74, 6) is 0. The van der Waals surface area contributed by atoms with Crippen LogP contribution in [0.5, 0.6) is 0 Å². The van der Waals surface area contributed by atoms with Crippen molar-refractivity contribution in [1.82, 2.24) is 5.32 Å². The number of fused-ring (bicyclic) bond motifs is 2. The lowest BCUT2D eigenvalue weighted by Gasteiger charge is -2.26. The minimum atomic E-state index is -0.111. The van der Waals surface area contributed by atoms with Crippen molar-refractivity contribution in [1.29, 1.82) is 0 Å². The van der Waals surface area contributed by atoms with E-state index in [0.29, 0.717) is 6.54 Å². The van der Waals surface area contributed by atoms with Gasteiger partial charge in [-0.3, -0.25) is 0 Å². The van der Waals surface area contributed by atoms with Gasteiger partial charge in [0.2, 0.25) is 5.69 Å². The van der Waals surface area contributed by atoms with Crippen LogP contribution in [0.15, 0.2) is 118 Å². The van der Waals surface area contributed by atoms with Gasteiger partial charge in [0, 0.05) is 57.9 Å². The van der Waals surface area contributed by atoms with E-state index in [1.165, 1.54) is 50.8 Å². The van der Waals surface area contributed by atoms with E-state index in [2.05, 4.69) is 160 Å². The average molecular weight is 704 g/mol. The molecule has 4 nitrogen and oxygen atoms in total. The number of para-hydroxylation sites is 2. The molecule has 2 aromatic rings. The largest absolute Gasteiger partial charge is 0.385 e. The lowest BCUT2D eigenvalue weighted by Crippen LogP contribution is -2.27. The third kappa shape index (κ3) is 6.07. The topological polar surface area (TPSA) is 44.3 Å². The normalized spacial score (nSPS) is 21.3. The van der Waals surface area contributed by atoms with E-state index in [4.69, 9.17) is 5.73 Å². The molecule has 0 saturated carbocycles. The number of hydrogen-bond acceptors (Lipinski definition) is 3. The zero-order chi connectivity index (χ0) is 30.6. The van der Waals surface area contributed by atoms with Gasteiger partial charge in [-0.05, 0) is 79.9 Å². The first-order chi connectivity index (χ1) is 20.7. The zero-order valence-corrected chi connectivity index (χ0v) is 28.9. The molecular formula is C37H43Br2N4+. The van der Waals surface area contributed by atoms with Gasteiger partial charge in [0.25, 0.3) is 0 Å². The highest BCUT2D eigenvalue weighted by Gasteiger charge is 2.43. The van der Waals surface area contributed by atoms with Crippen LogP contribution in [0.1, 0.15) is 64.5 Å². The summed E-state index contributed by atoms with van der Waals surface area (Å²) in [6.07, 6.45) is 17.7. The molecule has 0 unspecified atom stereocenters. The average Bonchev–Trinajstić information content (AvgIpc) is 3.35. The molecule has 0 aromatic heterocycles. The number of anilines is 1. The van der Waals surface area contributed by atoms with Gasteiger partial charge in [-0.25, -0.2) is 0 Å². The Hall–Kier alpha value is -2.93. The molecule has 0 atom stereocenters. The van der Waals surface area contributed by atoms with Gasteiger partial charge in [-0.15, -0.1) is 0 Å². The molecule has 5 rings (SSSR count). The lowest BCUT2D eigenvalue weighted by molar-refractivity contribution is -0.356. The molecule has 2 heterocycles. The summed E-state index contributed by atoms with van der Waals surface area (Å²) in [4.78, 5) is 6.17. The van der Waals surface area contributed by atoms with Gasteiger partial charge in [0.15, 0.2) is 11.9 Å². The van der Waals surface area contributed by atoms with E-state index in [1.807, 2.05) is 9.97 Å². The minimum Gasteiger partial charge on any atom is -0.385 e. The molecule has 43 heavy (non-hydrogen) atoms. The van der Waals surface area contributed by atoms with E-state index in [9.17, 15) is 0 Å². The van der Waals surface area contributed by atoms with Crippen LogP contribution in [0.3, 0.4) is 0 Å². The Morgan fingerprint density at radius 1 is 0.907 bits per heavy atom. The first-order valence-corrected chi connectivity index (χ1v) is 17.0. The van der Waals surface area contributed by atoms with E-state index < -0.39 is 0 Å². The van der Waals surface area contributed by atoms with Crippen LogP contribution in [0.4, 0.5) is 11.4 Å². The molecule has 0 fully saturated rings.